The van der Waals surface area contributed by atoms with Gasteiger partial charge >= 0.3 is 0 Å². The molecule has 2 aromatic rings. The van der Waals surface area contributed by atoms with Gasteiger partial charge < -0.3 is 0 Å². The average molecular weight is 407 g/mol. The molecule has 132 valence electrons. The number of hydrazine groups is 1. The van der Waals surface area contributed by atoms with Crippen molar-refractivity contribution in [3.05, 3.63) is 74.9 Å². The summed E-state index contributed by atoms with van der Waals surface area (Å²) in [7, 11) is 0. The third-order valence-corrected chi connectivity index (χ3v) is 5.16. The molecule has 1 heterocycles. The van der Waals surface area contributed by atoms with E-state index in [1.165, 1.54) is 12.1 Å². The van der Waals surface area contributed by atoms with Crippen molar-refractivity contribution >= 4 is 57.8 Å². The van der Waals surface area contributed by atoms with Crippen molar-refractivity contribution in [3.63, 3.8) is 0 Å². The summed E-state index contributed by atoms with van der Waals surface area (Å²) in [5.41, 5.74) is 4.29. The zero-order valence-electron chi connectivity index (χ0n) is 13.5. The molecule has 1 saturated heterocycles. The van der Waals surface area contributed by atoms with Crippen LogP contribution in [0.5, 0.6) is 0 Å². The Kier molecular flexibility index (Phi) is 5.41. The minimum absolute atomic E-state index is 0.194. The predicted octanol–water partition coefficient (Wildman–Crippen LogP) is 4.33. The molecule has 4 nitrogen and oxygen atoms in total. The molecule has 0 bridgehead atoms. The number of hydrogen-bond acceptors (Lipinski definition) is 4. The van der Waals surface area contributed by atoms with E-state index in [2.05, 4.69) is 5.43 Å². The first-order valence-corrected chi connectivity index (χ1v) is 9.06. The van der Waals surface area contributed by atoms with Crippen molar-refractivity contribution in [3.8, 4) is 0 Å². The zero-order valence-corrected chi connectivity index (χ0v) is 15.8. The van der Waals surface area contributed by atoms with E-state index in [9.17, 15) is 14.0 Å². The molecule has 1 fully saturated rings. The van der Waals surface area contributed by atoms with Gasteiger partial charge in [0.15, 0.2) is 4.32 Å². The van der Waals surface area contributed by atoms with E-state index in [0.29, 0.717) is 10.5 Å². The van der Waals surface area contributed by atoms with Crippen LogP contribution < -0.4 is 5.43 Å². The molecular weight excluding hydrogens is 395 g/mol. The lowest BCUT2D eigenvalue weighted by Gasteiger charge is -2.16. The molecule has 26 heavy (non-hydrogen) atoms. The number of aryl methyl sites for hydroxylation is 1. The Bertz CT molecular complexity index is 945. The Morgan fingerprint density at radius 2 is 1.96 bits per heavy atom. The largest absolute Gasteiger partial charge is 0.285 e. The Morgan fingerprint density at radius 3 is 2.62 bits per heavy atom. The van der Waals surface area contributed by atoms with Crippen LogP contribution >= 0.6 is 35.6 Å². The van der Waals surface area contributed by atoms with Gasteiger partial charge in [-0.15, -0.1) is 0 Å². The molecule has 0 spiro atoms. The van der Waals surface area contributed by atoms with Crippen molar-refractivity contribution in [1.82, 2.24) is 10.4 Å². The first-order valence-electron chi connectivity index (χ1n) is 7.46. The number of carbonyl (C=O) groups is 2. The first-order chi connectivity index (χ1) is 12.3. The van der Waals surface area contributed by atoms with E-state index >= 15 is 0 Å². The monoisotopic (exact) mass is 406 g/mol. The van der Waals surface area contributed by atoms with Gasteiger partial charge in [0.2, 0.25) is 0 Å². The average Bonchev–Trinajstić information content (AvgIpc) is 2.84. The number of nitrogens with one attached hydrogen (secondary N) is 1. The fraction of sp³-hybridized carbons (Fsp3) is 0.0556. The standard InChI is InChI=1S/C18H12ClFN2O2S2/c1-10-2-7-13(14(19)8-10)16(23)21-22-17(24)15(26-18(22)25)9-11-3-5-12(20)6-4-11/h2-9H,1H3,(H,21,23)/b15-9+. The van der Waals surface area contributed by atoms with Gasteiger partial charge in [0.05, 0.1) is 15.5 Å². The van der Waals surface area contributed by atoms with E-state index in [4.69, 9.17) is 23.8 Å². The van der Waals surface area contributed by atoms with Gasteiger partial charge in [-0.25, -0.2) is 4.39 Å². The number of hydrogen-bond donors (Lipinski definition) is 1. The summed E-state index contributed by atoms with van der Waals surface area (Å²) in [5, 5.41) is 1.29. The third kappa shape index (κ3) is 3.95. The predicted molar refractivity (Wildman–Crippen MR) is 105 cm³/mol. The molecule has 0 radical (unpaired) electrons. The number of halogens is 2. The van der Waals surface area contributed by atoms with E-state index in [0.717, 1.165) is 22.3 Å². The summed E-state index contributed by atoms with van der Waals surface area (Å²) < 4.78 is 13.2. The highest BCUT2D eigenvalue weighted by molar-refractivity contribution is 8.26. The molecular formula is C18H12ClFN2O2S2. The molecule has 0 unspecified atom stereocenters. The van der Waals surface area contributed by atoms with Gasteiger partial charge in [-0.1, -0.05) is 41.6 Å². The minimum atomic E-state index is -0.533. The summed E-state index contributed by atoms with van der Waals surface area (Å²) in [6, 6.07) is 10.7. The second-order valence-corrected chi connectivity index (χ2v) is 7.58. The van der Waals surface area contributed by atoms with Gasteiger partial charge in [-0.3, -0.25) is 15.0 Å². The van der Waals surface area contributed by atoms with Gasteiger partial charge in [-0.2, -0.15) is 5.01 Å². The third-order valence-electron chi connectivity index (χ3n) is 3.54. The number of thiocarbonyl (C=S) groups is 1. The maximum absolute atomic E-state index is 13.0. The van der Waals surface area contributed by atoms with Gasteiger partial charge in [0, 0.05) is 0 Å². The fourth-order valence-corrected chi connectivity index (χ4v) is 3.74. The second-order valence-electron chi connectivity index (χ2n) is 5.49. The molecule has 0 saturated carbocycles. The topological polar surface area (TPSA) is 49.4 Å². The normalized spacial score (nSPS) is 15.7. The van der Waals surface area contributed by atoms with Crippen LogP contribution in [0.15, 0.2) is 47.4 Å². The SMILES string of the molecule is Cc1ccc(C(=O)NN2C(=O)/C(=C\c3ccc(F)cc3)SC2=S)c(Cl)c1. The summed E-state index contributed by atoms with van der Waals surface area (Å²) in [6.45, 7) is 1.86. The van der Waals surface area contributed by atoms with Crippen molar-refractivity contribution in [2.45, 2.75) is 6.92 Å². The summed E-state index contributed by atoms with van der Waals surface area (Å²) in [6.07, 6.45) is 1.59. The Hall–Kier alpha value is -2.22. The van der Waals surface area contributed by atoms with Crippen LogP contribution in [0.3, 0.4) is 0 Å². The van der Waals surface area contributed by atoms with E-state index in [-0.39, 0.29) is 20.7 Å². The van der Waals surface area contributed by atoms with Crippen LogP contribution in [0.25, 0.3) is 6.08 Å². The molecule has 1 aliphatic rings. The smallest absolute Gasteiger partial charge is 0.267 e. The van der Waals surface area contributed by atoms with Crippen LogP contribution in [0.2, 0.25) is 5.02 Å². The van der Waals surface area contributed by atoms with Crippen LogP contribution in [0.4, 0.5) is 4.39 Å². The number of thioether (sulfide) groups is 1. The summed E-state index contributed by atoms with van der Waals surface area (Å²) in [5.74, 6) is -1.35. The highest BCUT2D eigenvalue weighted by Crippen LogP contribution is 2.31. The second kappa shape index (κ2) is 7.57. The van der Waals surface area contributed by atoms with Crippen LogP contribution in [0.1, 0.15) is 21.5 Å². The van der Waals surface area contributed by atoms with Crippen LogP contribution in [0, 0.1) is 12.7 Å². The number of benzene rings is 2. The lowest BCUT2D eigenvalue weighted by atomic mass is 10.1. The Balaban J connectivity index is 1.78. The maximum Gasteiger partial charge on any atom is 0.285 e. The van der Waals surface area contributed by atoms with Crippen LogP contribution in [-0.2, 0) is 4.79 Å². The van der Waals surface area contributed by atoms with Crippen molar-refractivity contribution in [2.75, 3.05) is 0 Å². The molecule has 2 aromatic carbocycles. The van der Waals surface area contributed by atoms with Gasteiger partial charge in [0.25, 0.3) is 11.8 Å². The van der Waals surface area contributed by atoms with Crippen molar-refractivity contribution in [2.24, 2.45) is 0 Å². The molecule has 1 aliphatic heterocycles. The van der Waals surface area contributed by atoms with Crippen LogP contribution in [-0.4, -0.2) is 21.1 Å². The summed E-state index contributed by atoms with van der Waals surface area (Å²) in [4.78, 5) is 25.3. The molecule has 1 N–H and O–H groups in total. The molecule has 0 aliphatic carbocycles. The fourth-order valence-electron chi connectivity index (χ4n) is 2.24. The number of nitrogens with zero attached hydrogens (tertiary/aromatic N) is 1. The highest BCUT2D eigenvalue weighted by atomic mass is 35.5. The summed E-state index contributed by atoms with van der Waals surface area (Å²) >= 11 is 12.3. The highest BCUT2D eigenvalue weighted by Gasteiger charge is 2.34. The van der Waals surface area contributed by atoms with Gasteiger partial charge in [-0.05, 0) is 60.6 Å². The van der Waals surface area contributed by atoms with Crippen molar-refractivity contribution < 1.29 is 14.0 Å². The molecule has 2 amide bonds. The van der Waals surface area contributed by atoms with Crippen molar-refractivity contribution in [1.29, 1.82) is 0 Å². The quantitative estimate of drug-likeness (QED) is 0.608. The maximum atomic E-state index is 13.0. The molecule has 0 atom stereocenters. The van der Waals surface area contributed by atoms with E-state index in [1.54, 1.807) is 36.4 Å². The number of amides is 2. The molecule has 8 heteroatoms. The van der Waals surface area contributed by atoms with E-state index < -0.39 is 11.8 Å². The first kappa shape index (κ1) is 18.6. The Labute approximate surface area is 164 Å². The molecule has 3 rings (SSSR count). The lowest BCUT2D eigenvalue weighted by molar-refractivity contribution is -0.123. The number of carbonyl (C=O) groups excluding carboxylic acids is 2. The zero-order chi connectivity index (χ0) is 18.8. The Morgan fingerprint density at radius 1 is 1.27 bits per heavy atom. The number of rotatable bonds is 3. The van der Waals surface area contributed by atoms with E-state index in [1.807, 2.05) is 6.92 Å². The molecule has 0 aromatic heterocycles. The lowest BCUT2D eigenvalue weighted by Crippen LogP contribution is -2.44. The van der Waals surface area contributed by atoms with Gasteiger partial charge in [0.1, 0.15) is 5.82 Å². The minimum Gasteiger partial charge on any atom is -0.267 e.